The highest BCUT2D eigenvalue weighted by atomic mass is 16.5. The lowest BCUT2D eigenvalue weighted by Crippen LogP contribution is -2.13. The number of carbonyl (C=O) groups is 1. The van der Waals surface area contributed by atoms with Crippen molar-refractivity contribution < 1.29 is 14.6 Å². The second-order valence-electron chi connectivity index (χ2n) is 4.83. The van der Waals surface area contributed by atoms with Gasteiger partial charge in [0.2, 0.25) is 0 Å². The van der Waals surface area contributed by atoms with Gasteiger partial charge in [-0.15, -0.1) is 0 Å². The molecule has 20 heavy (non-hydrogen) atoms. The molecule has 1 N–H and O–H groups in total. The van der Waals surface area contributed by atoms with Crippen LogP contribution in [0.2, 0.25) is 0 Å². The third-order valence-electron chi connectivity index (χ3n) is 3.42. The summed E-state index contributed by atoms with van der Waals surface area (Å²) in [4.78, 5) is 16.0. The topological polar surface area (TPSA) is 59.4 Å². The van der Waals surface area contributed by atoms with Crippen molar-refractivity contribution >= 4 is 5.97 Å². The largest absolute Gasteiger partial charge is 0.488 e. The molecule has 1 aliphatic heterocycles. The molecular weight excluding hydrogens is 254 g/mol. The molecule has 2 aromatic rings. The number of para-hydroxylation sites is 1. The molecule has 0 spiro atoms. The van der Waals surface area contributed by atoms with Crippen molar-refractivity contribution in [2.24, 2.45) is 0 Å². The van der Waals surface area contributed by atoms with Crippen molar-refractivity contribution in [3.05, 3.63) is 47.2 Å². The van der Waals surface area contributed by atoms with Gasteiger partial charge in [0.05, 0.1) is 17.0 Å². The fraction of sp³-hybridized carbons (Fsp3) is 0.250. The lowest BCUT2D eigenvalue weighted by Gasteiger charge is -2.21. The van der Waals surface area contributed by atoms with Gasteiger partial charge in [0.15, 0.2) is 0 Å². The van der Waals surface area contributed by atoms with E-state index >= 15 is 0 Å². The average molecular weight is 269 g/mol. The van der Waals surface area contributed by atoms with Crippen LogP contribution in [0.15, 0.2) is 30.3 Å². The first kappa shape index (κ1) is 12.7. The zero-order valence-electron chi connectivity index (χ0n) is 11.2. The van der Waals surface area contributed by atoms with Crippen molar-refractivity contribution in [3.8, 4) is 17.0 Å². The predicted octanol–water partition coefficient (Wildman–Crippen LogP) is 3.29. The maximum Gasteiger partial charge on any atom is 0.337 e. The molecule has 102 valence electrons. The molecule has 1 aromatic carbocycles. The normalized spacial score (nSPS) is 12.2. The highest BCUT2D eigenvalue weighted by Gasteiger charge is 2.22. The van der Waals surface area contributed by atoms with Crippen LogP contribution in [0, 0.1) is 0 Å². The Morgan fingerprint density at radius 3 is 2.95 bits per heavy atom. The highest BCUT2D eigenvalue weighted by molar-refractivity contribution is 5.90. The minimum absolute atomic E-state index is 0.286. The fourth-order valence-electron chi connectivity index (χ4n) is 2.49. The standard InChI is InChI=1S/C16H15NO3/c1-2-5-13-12(16(18)19)8-10-9-20-14-7-4-3-6-11(14)15(10)17-13/h3-4,6-8H,2,5,9H2,1H3,(H,18,19). The molecule has 0 atom stereocenters. The Balaban J connectivity index is 2.20. The molecule has 4 heteroatoms. The van der Waals surface area contributed by atoms with Crippen LogP contribution in [0.25, 0.3) is 11.3 Å². The summed E-state index contributed by atoms with van der Waals surface area (Å²) in [7, 11) is 0. The minimum atomic E-state index is -0.928. The smallest absolute Gasteiger partial charge is 0.337 e. The van der Waals surface area contributed by atoms with Crippen LogP contribution < -0.4 is 4.74 Å². The number of hydrogen-bond acceptors (Lipinski definition) is 3. The van der Waals surface area contributed by atoms with E-state index in [2.05, 4.69) is 4.98 Å². The van der Waals surface area contributed by atoms with Crippen molar-refractivity contribution in [2.45, 2.75) is 26.4 Å². The van der Waals surface area contributed by atoms with E-state index in [4.69, 9.17) is 4.74 Å². The average Bonchev–Trinajstić information content (AvgIpc) is 2.46. The Hall–Kier alpha value is -2.36. The Labute approximate surface area is 117 Å². The minimum Gasteiger partial charge on any atom is -0.488 e. The summed E-state index contributed by atoms with van der Waals surface area (Å²) < 4.78 is 5.65. The summed E-state index contributed by atoms with van der Waals surface area (Å²) in [5, 5.41) is 9.31. The first-order valence-electron chi connectivity index (χ1n) is 6.69. The van der Waals surface area contributed by atoms with E-state index in [9.17, 15) is 9.90 Å². The number of aromatic nitrogens is 1. The van der Waals surface area contributed by atoms with E-state index in [1.807, 2.05) is 31.2 Å². The number of benzene rings is 1. The summed E-state index contributed by atoms with van der Waals surface area (Å²) in [6, 6.07) is 9.42. The third-order valence-corrected chi connectivity index (χ3v) is 3.42. The van der Waals surface area contributed by atoms with Gasteiger partial charge in [0, 0.05) is 11.1 Å². The maximum absolute atomic E-state index is 11.3. The van der Waals surface area contributed by atoms with E-state index in [-0.39, 0.29) is 5.56 Å². The van der Waals surface area contributed by atoms with Crippen molar-refractivity contribution in [1.29, 1.82) is 0 Å². The number of aryl methyl sites for hydroxylation is 1. The van der Waals surface area contributed by atoms with Gasteiger partial charge < -0.3 is 9.84 Å². The van der Waals surface area contributed by atoms with Crippen LogP contribution in [0.1, 0.15) is 35.0 Å². The van der Waals surface area contributed by atoms with Gasteiger partial charge >= 0.3 is 5.97 Å². The highest BCUT2D eigenvalue weighted by Crippen LogP contribution is 2.36. The zero-order chi connectivity index (χ0) is 14.1. The number of pyridine rings is 1. The molecular formula is C16H15NO3. The first-order chi connectivity index (χ1) is 9.70. The molecule has 0 radical (unpaired) electrons. The molecule has 0 fully saturated rings. The number of rotatable bonds is 3. The van der Waals surface area contributed by atoms with Crippen LogP contribution in [0.3, 0.4) is 0 Å². The quantitative estimate of drug-likeness (QED) is 0.928. The first-order valence-corrected chi connectivity index (χ1v) is 6.69. The van der Waals surface area contributed by atoms with Gasteiger partial charge in [0.1, 0.15) is 12.4 Å². The van der Waals surface area contributed by atoms with Crippen molar-refractivity contribution in [2.75, 3.05) is 0 Å². The van der Waals surface area contributed by atoms with Crippen LogP contribution in [0.5, 0.6) is 5.75 Å². The molecule has 4 nitrogen and oxygen atoms in total. The summed E-state index contributed by atoms with van der Waals surface area (Å²) in [6.07, 6.45) is 1.53. The number of nitrogens with zero attached hydrogens (tertiary/aromatic N) is 1. The van der Waals surface area contributed by atoms with Gasteiger partial charge in [-0.05, 0) is 24.6 Å². The Bertz CT molecular complexity index is 679. The van der Waals surface area contributed by atoms with Crippen LogP contribution in [-0.2, 0) is 13.0 Å². The summed E-state index contributed by atoms with van der Waals surface area (Å²) in [5.74, 6) is -0.124. The molecule has 2 heterocycles. The number of ether oxygens (including phenoxy) is 1. The molecule has 1 aliphatic rings. The van der Waals surface area contributed by atoms with Gasteiger partial charge in [-0.1, -0.05) is 25.5 Å². The van der Waals surface area contributed by atoms with Crippen molar-refractivity contribution in [3.63, 3.8) is 0 Å². The maximum atomic E-state index is 11.3. The third kappa shape index (κ3) is 2.03. The fourth-order valence-corrected chi connectivity index (χ4v) is 2.49. The van der Waals surface area contributed by atoms with Crippen LogP contribution in [0.4, 0.5) is 0 Å². The second kappa shape index (κ2) is 4.96. The molecule has 0 bridgehead atoms. The number of fused-ring (bicyclic) bond motifs is 3. The predicted molar refractivity (Wildman–Crippen MR) is 75.0 cm³/mol. The zero-order valence-corrected chi connectivity index (χ0v) is 11.2. The molecule has 0 amide bonds. The van der Waals surface area contributed by atoms with E-state index in [1.54, 1.807) is 6.07 Å². The summed E-state index contributed by atoms with van der Waals surface area (Å²) >= 11 is 0. The van der Waals surface area contributed by atoms with Crippen LogP contribution >= 0.6 is 0 Å². The Kier molecular flexibility index (Phi) is 3.14. The second-order valence-corrected chi connectivity index (χ2v) is 4.83. The van der Waals surface area contributed by atoms with E-state index < -0.39 is 5.97 Å². The number of carboxylic acids is 1. The van der Waals surface area contributed by atoms with E-state index in [0.29, 0.717) is 18.7 Å². The lowest BCUT2D eigenvalue weighted by atomic mass is 9.98. The van der Waals surface area contributed by atoms with Gasteiger partial charge in [-0.25, -0.2) is 4.79 Å². The van der Waals surface area contributed by atoms with Gasteiger partial charge in [-0.3, -0.25) is 4.98 Å². The Morgan fingerprint density at radius 2 is 2.20 bits per heavy atom. The van der Waals surface area contributed by atoms with E-state index in [1.165, 1.54) is 0 Å². The lowest BCUT2D eigenvalue weighted by molar-refractivity contribution is 0.0695. The number of hydrogen-bond donors (Lipinski definition) is 1. The van der Waals surface area contributed by atoms with Gasteiger partial charge in [0.25, 0.3) is 0 Å². The van der Waals surface area contributed by atoms with E-state index in [0.717, 1.165) is 29.0 Å². The molecule has 1 aromatic heterocycles. The molecule has 3 rings (SSSR count). The Morgan fingerprint density at radius 1 is 1.40 bits per heavy atom. The SMILES string of the molecule is CCCc1nc2c(cc1C(=O)O)COc1ccccc1-2. The monoisotopic (exact) mass is 269 g/mol. The van der Waals surface area contributed by atoms with Crippen molar-refractivity contribution in [1.82, 2.24) is 4.98 Å². The molecule has 0 unspecified atom stereocenters. The van der Waals surface area contributed by atoms with Crippen LogP contribution in [-0.4, -0.2) is 16.1 Å². The number of carboxylic acid groups (broad SMARTS) is 1. The molecule has 0 saturated carbocycles. The molecule has 0 saturated heterocycles. The van der Waals surface area contributed by atoms with Gasteiger partial charge in [-0.2, -0.15) is 0 Å². The number of aromatic carboxylic acids is 1. The summed E-state index contributed by atoms with van der Waals surface area (Å²) in [6.45, 7) is 2.38. The summed E-state index contributed by atoms with van der Waals surface area (Å²) in [5.41, 5.74) is 3.55. The molecule has 0 aliphatic carbocycles.